The minimum Gasteiger partial charge on any atom is -0.497 e. The normalized spacial score (nSPS) is 11.2. The van der Waals surface area contributed by atoms with E-state index in [1.165, 1.54) is 0 Å². The van der Waals surface area contributed by atoms with Gasteiger partial charge in [0.15, 0.2) is 0 Å². The van der Waals surface area contributed by atoms with Crippen molar-refractivity contribution in [2.45, 2.75) is 6.92 Å². The Morgan fingerprint density at radius 1 is 1.12 bits per heavy atom. The molecule has 0 bridgehead atoms. The minimum absolute atomic E-state index is 0.345. The maximum Gasteiger partial charge on any atom is 0.289 e. The Bertz CT molecular complexity index is 883. The number of ether oxygens (including phenoxy) is 1. The topological polar surface area (TPSA) is 79.4 Å². The van der Waals surface area contributed by atoms with Crippen molar-refractivity contribution in [3.63, 3.8) is 0 Å². The number of rotatable bonds is 5. The summed E-state index contributed by atoms with van der Waals surface area (Å²) in [5.74, 6) is 0.425. The number of nitrogens with zero attached hydrogens (tertiary/aromatic N) is 2. The van der Waals surface area contributed by atoms with Gasteiger partial charge in [0, 0.05) is 5.56 Å². The van der Waals surface area contributed by atoms with E-state index in [9.17, 15) is 4.79 Å². The van der Waals surface area contributed by atoms with E-state index in [1.54, 1.807) is 13.2 Å². The molecule has 0 unspecified atom stereocenters. The largest absolute Gasteiger partial charge is 0.497 e. The molecule has 1 heterocycles. The molecule has 0 aliphatic rings. The van der Waals surface area contributed by atoms with Gasteiger partial charge in [-0.2, -0.15) is 10.2 Å². The lowest BCUT2D eigenvalue weighted by molar-refractivity contribution is 0.0950. The van der Waals surface area contributed by atoms with E-state index >= 15 is 0 Å². The first-order valence-corrected chi connectivity index (χ1v) is 7.77. The van der Waals surface area contributed by atoms with Crippen molar-refractivity contribution in [3.05, 3.63) is 71.9 Å². The van der Waals surface area contributed by atoms with Gasteiger partial charge in [0.2, 0.25) is 0 Å². The Hall–Kier alpha value is -3.41. The maximum absolute atomic E-state index is 12.2. The highest BCUT2D eigenvalue weighted by Crippen LogP contribution is 2.17. The van der Waals surface area contributed by atoms with Gasteiger partial charge in [0.1, 0.15) is 11.4 Å². The average molecular weight is 334 g/mol. The summed E-state index contributed by atoms with van der Waals surface area (Å²) >= 11 is 0. The zero-order valence-electron chi connectivity index (χ0n) is 14.0. The van der Waals surface area contributed by atoms with Gasteiger partial charge in [-0.05, 0) is 42.8 Å². The van der Waals surface area contributed by atoms with Crippen LogP contribution in [0.1, 0.15) is 23.0 Å². The number of benzene rings is 2. The molecule has 2 N–H and O–H groups in total. The molecule has 0 saturated heterocycles. The number of methoxy groups -OCH3 is 1. The first-order valence-electron chi connectivity index (χ1n) is 7.77. The standard InChI is InChI=1S/C19H18N4O2/c1-13(14-8-10-16(25-2)11-9-14)20-23-19(24)18-12-17(21-22-18)15-6-4-3-5-7-15/h3-12H,1-2H3,(H,21,22)(H,23,24)/b20-13+. The highest BCUT2D eigenvalue weighted by atomic mass is 16.5. The van der Waals surface area contributed by atoms with Crippen molar-refractivity contribution < 1.29 is 9.53 Å². The second kappa shape index (κ2) is 7.44. The van der Waals surface area contributed by atoms with Crippen molar-refractivity contribution >= 4 is 11.6 Å². The second-order valence-corrected chi connectivity index (χ2v) is 5.40. The fourth-order valence-corrected chi connectivity index (χ4v) is 2.29. The van der Waals surface area contributed by atoms with Crippen LogP contribution in [0.2, 0.25) is 0 Å². The van der Waals surface area contributed by atoms with E-state index in [4.69, 9.17) is 4.74 Å². The van der Waals surface area contributed by atoms with Crippen LogP contribution in [0.25, 0.3) is 11.3 Å². The first-order chi connectivity index (χ1) is 12.2. The molecule has 2 aromatic carbocycles. The molecular formula is C19H18N4O2. The summed E-state index contributed by atoms with van der Waals surface area (Å²) in [6.45, 7) is 1.82. The van der Waals surface area contributed by atoms with Crippen LogP contribution in [0.5, 0.6) is 5.75 Å². The fourth-order valence-electron chi connectivity index (χ4n) is 2.29. The fraction of sp³-hybridized carbons (Fsp3) is 0.105. The molecule has 126 valence electrons. The van der Waals surface area contributed by atoms with E-state index in [-0.39, 0.29) is 5.91 Å². The number of carbonyl (C=O) groups excluding carboxylic acids is 1. The predicted octanol–water partition coefficient (Wildman–Crippen LogP) is 3.24. The molecule has 0 atom stereocenters. The van der Waals surface area contributed by atoms with Crippen molar-refractivity contribution in [1.82, 2.24) is 15.6 Å². The van der Waals surface area contributed by atoms with Crippen LogP contribution >= 0.6 is 0 Å². The van der Waals surface area contributed by atoms with Gasteiger partial charge in [-0.3, -0.25) is 9.89 Å². The van der Waals surface area contributed by atoms with E-state index < -0.39 is 0 Å². The Morgan fingerprint density at radius 2 is 1.84 bits per heavy atom. The molecule has 0 radical (unpaired) electrons. The van der Waals surface area contributed by atoms with Crippen LogP contribution in [0.4, 0.5) is 0 Å². The Balaban J connectivity index is 1.68. The van der Waals surface area contributed by atoms with Crippen LogP contribution in [0.3, 0.4) is 0 Å². The molecule has 6 nitrogen and oxygen atoms in total. The number of hydrogen-bond donors (Lipinski definition) is 2. The summed E-state index contributed by atoms with van der Waals surface area (Å²) in [5, 5.41) is 11.0. The minimum atomic E-state index is -0.345. The number of H-pyrrole nitrogens is 1. The van der Waals surface area contributed by atoms with Crippen LogP contribution < -0.4 is 10.2 Å². The zero-order valence-corrected chi connectivity index (χ0v) is 14.0. The zero-order chi connectivity index (χ0) is 17.6. The van der Waals surface area contributed by atoms with Crippen molar-refractivity contribution in [2.75, 3.05) is 7.11 Å². The number of aromatic amines is 1. The van der Waals surface area contributed by atoms with Gasteiger partial charge >= 0.3 is 0 Å². The molecule has 3 aromatic rings. The summed E-state index contributed by atoms with van der Waals surface area (Å²) in [6, 6.07) is 18.8. The van der Waals surface area contributed by atoms with Gasteiger partial charge in [-0.1, -0.05) is 30.3 Å². The van der Waals surface area contributed by atoms with E-state index in [0.717, 1.165) is 16.9 Å². The predicted molar refractivity (Wildman–Crippen MR) is 96.7 cm³/mol. The van der Waals surface area contributed by atoms with Gasteiger partial charge in [0.05, 0.1) is 18.5 Å². The third kappa shape index (κ3) is 3.92. The van der Waals surface area contributed by atoms with Crippen LogP contribution in [-0.4, -0.2) is 28.9 Å². The molecule has 0 fully saturated rings. The molecule has 0 spiro atoms. The maximum atomic E-state index is 12.2. The van der Waals surface area contributed by atoms with Crippen molar-refractivity contribution in [3.8, 4) is 17.0 Å². The van der Waals surface area contributed by atoms with E-state index in [1.807, 2.05) is 61.5 Å². The van der Waals surface area contributed by atoms with Gasteiger partial charge in [0.25, 0.3) is 5.91 Å². The van der Waals surface area contributed by atoms with Gasteiger partial charge < -0.3 is 4.74 Å². The number of hydrogen-bond acceptors (Lipinski definition) is 4. The molecule has 25 heavy (non-hydrogen) atoms. The van der Waals surface area contributed by atoms with E-state index in [0.29, 0.717) is 17.1 Å². The summed E-state index contributed by atoms with van der Waals surface area (Å²) in [6.07, 6.45) is 0. The number of amides is 1. The Labute approximate surface area is 145 Å². The molecule has 0 aliphatic carbocycles. The molecule has 1 amide bonds. The van der Waals surface area contributed by atoms with Crippen molar-refractivity contribution in [1.29, 1.82) is 0 Å². The Morgan fingerprint density at radius 3 is 2.52 bits per heavy atom. The smallest absolute Gasteiger partial charge is 0.289 e. The average Bonchev–Trinajstić information content (AvgIpc) is 3.17. The highest BCUT2D eigenvalue weighted by Gasteiger charge is 2.10. The van der Waals surface area contributed by atoms with Crippen LogP contribution in [-0.2, 0) is 0 Å². The Kier molecular flexibility index (Phi) is 4.89. The molecule has 6 heteroatoms. The lowest BCUT2D eigenvalue weighted by Crippen LogP contribution is -2.19. The summed E-state index contributed by atoms with van der Waals surface area (Å²) < 4.78 is 5.12. The monoisotopic (exact) mass is 334 g/mol. The second-order valence-electron chi connectivity index (χ2n) is 5.40. The quantitative estimate of drug-likeness (QED) is 0.555. The number of carbonyl (C=O) groups is 1. The third-order valence-electron chi connectivity index (χ3n) is 3.72. The molecule has 3 rings (SSSR count). The highest BCUT2D eigenvalue weighted by molar-refractivity contribution is 6.00. The number of aromatic nitrogens is 2. The van der Waals surface area contributed by atoms with Gasteiger partial charge in [-0.15, -0.1) is 0 Å². The first kappa shape index (κ1) is 16.4. The lowest BCUT2D eigenvalue weighted by atomic mass is 10.1. The third-order valence-corrected chi connectivity index (χ3v) is 3.72. The number of hydrazone groups is 1. The van der Waals surface area contributed by atoms with Gasteiger partial charge in [-0.25, -0.2) is 5.43 Å². The van der Waals surface area contributed by atoms with Crippen LogP contribution in [0.15, 0.2) is 65.8 Å². The molecule has 0 aliphatic heterocycles. The summed E-state index contributed by atoms with van der Waals surface area (Å²) in [5.41, 5.74) is 6.13. The number of nitrogens with one attached hydrogen (secondary N) is 2. The lowest BCUT2D eigenvalue weighted by Gasteiger charge is -2.03. The van der Waals surface area contributed by atoms with Crippen molar-refractivity contribution in [2.24, 2.45) is 5.10 Å². The SMILES string of the molecule is COc1ccc(/C(C)=N/NC(=O)c2cc(-c3ccccc3)n[nH]2)cc1. The summed E-state index contributed by atoms with van der Waals surface area (Å²) in [7, 11) is 1.62. The summed E-state index contributed by atoms with van der Waals surface area (Å²) in [4.78, 5) is 12.2. The van der Waals surface area contributed by atoms with Crippen LogP contribution in [0, 0.1) is 0 Å². The molecule has 1 aromatic heterocycles. The molecule has 0 saturated carbocycles. The molecular weight excluding hydrogens is 316 g/mol. The van der Waals surface area contributed by atoms with E-state index in [2.05, 4.69) is 20.7 Å².